The van der Waals surface area contributed by atoms with E-state index in [0.29, 0.717) is 25.3 Å². The molecule has 0 radical (unpaired) electrons. The number of β-amino-alcohol motifs (C(OH)–C–C–N with tert-alkyl or cyclic N) is 1. The van der Waals surface area contributed by atoms with Crippen molar-refractivity contribution in [3.05, 3.63) is 36.1 Å². The van der Waals surface area contributed by atoms with E-state index in [1.165, 1.54) is 6.33 Å². The van der Waals surface area contributed by atoms with Crippen molar-refractivity contribution in [1.82, 2.24) is 25.4 Å². The van der Waals surface area contributed by atoms with Gasteiger partial charge in [0, 0.05) is 25.4 Å². The molecule has 4 heterocycles. The van der Waals surface area contributed by atoms with Crippen molar-refractivity contribution < 1.29 is 14.4 Å². The molecule has 0 aliphatic carbocycles. The van der Waals surface area contributed by atoms with Gasteiger partial charge in [-0.25, -0.2) is 9.97 Å². The first kappa shape index (κ1) is 15.6. The van der Waals surface area contributed by atoms with Crippen molar-refractivity contribution in [2.45, 2.75) is 25.5 Å². The van der Waals surface area contributed by atoms with Gasteiger partial charge in [0.1, 0.15) is 23.6 Å². The zero-order valence-electron chi connectivity index (χ0n) is 13.6. The normalized spacial score (nSPS) is 20.8. The molecule has 0 spiro atoms. The number of aryl methyl sites for hydroxylation is 1. The molecule has 0 bridgehead atoms. The molecular formula is C16H18N6O3. The van der Waals surface area contributed by atoms with E-state index < -0.39 is 6.10 Å². The molecule has 9 heteroatoms. The quantitative estimate of drug-likeness (QED) is 0.638. The van der Waals surface area contributed by atoms with Crippen LogP contribution in [-0.4, -0.2) is 56.4 Å². The molecule has 1 amide bonds. The van der Waals surface area contributed by atoms with Crippen LogP contribution in [0.2, 0.25) is 0 Å². The van der Waals surface area contributed by atoms with Crippen LogP contribution >= 0.6 is 0 Å². The molecule has 1 aliphatic rings. The maximum absolute atomic E-state index is 12.2. The number of fused-ring (bicyclic) bond motifs is 1. The van der Waals surface area contributed by atoms with Crippen molar-refractivity contribution in [3.8, 4) is 0 Å². The summed E-state index contributed by atoms with van der Waals surface area (Å²) in [7, 11) is 0. The number of amides is 1. The lowest BCUT2D eigenvalue weighted by molar-refractivity contribution is 0.0790. The standard InChI is InChI=1S/C16H18N6O3/c1-9-6-12(21-25-9)16(24)20-11-3-5-22(7-13(11)23)15-10-2-4-17-14(10)18-8-19-15/h2,4,6,8,11,13,23H,3,5,7H2,1H3,(H,20,24)(H,17,18,19). The molecule has 1 aliphatic heterocycles. The molecule has 3 aromatic heterocycles. The summed E-state index contributed by atoms with van der Waals surface area (Å²) in [6, 6.07) is 3.14. The Kier molecular flexibility index (Phi) is 3.85. The summed E-state index contributed by atoms with van der Waals surface area (Å²) in [6.45, 7) is 2.76. The van der Waals surface area contributed by atoms with E-state index in [-0.39, 0.29) is 17.6 Å². The average molecular weight is 342 g/mol. The van der Waals surface area contributed by atoms with Gasteiger partial charge in [-0.1, -0.05) is 5.16 Å². The SMILES string of the molecule is Cc1cc(C(=O)NC2CCN(c3ncnc4[nH]ccc34)CC2O)no1. The van der Waals surface area contributed by atoms with Crippen LogP contribution in [-0.2, 0) is 0 Å². The van der Waals surface area contributed by atoms with Gasteiger partial charge in [-0.3, -0.25) is 4.79 Å². The molecule has 2 unspecified atom stereocenters. The Labute approximate surface area is 143 Å². The van der Waals surface area contributed by atoms with Gasteiger partial charge in [0.05, 0.1) is 17.5 Å². The monoisotopic (exact) mass is 342 g/mol. The van der Waals surface area contributed by atoms with E-state index in [2.05, 4.69) is 25.4 Å². The van der Waals surface area contributed by atoms with Crippen molar-refractivity contribution in [3.63, 3.8) is 0 Å². The average Bonchev–Trinajstić information content (AvgIpc) is 3.25. The van der Waals surface area contributed by atoms with Gasteiger partial charge in [-0.2, -0.15) is 0 Å². The highest BCUT2D eigenvalue weighted by atomic mass is 16.5. The lowest BCUT2D eigenvalue weighted by Gasteiger charge is -2.36. The zero-order valence-corrected chi connectivity index (χ0v) is 13.6. The third kappa shape index (κ3) is 2.93. The number of aromatic nitrogens is 4. The van der Waals surface area contributed by atoms with Crippen molar-refractivity contribution in [2.24, 2.45) is 0 Å². The van der Waals surface area contributed by atoms with Crippen molar-refractivity contribution in [2.75, 3.05) is 18.0 Å². The van der Waals surface area contributed by atoms with Gasteiger partial charge in [-0.05, 0) is 19.4 Å². The Bertz CT molecular complexity index is 904. The number of aromatic amines is 1. The summed E-state index contributed by atoms with van der Waals surface area (Å²) in [5, 5.41) is 17.9. The fourth-order valence-corrected chi connectivity index (χ4v) is 3.12. The number of aliphatic hydroxyl groups excluding tert-OH is 1. The summed E-state index contributed by atoms with van der Waals surface area (Å²) >= 11 is 0. The fraction of sp³-hybridized carbons (Fsp3) is 0.375. The molecule has 4 rings (SSSR count). The van der Waals surface area contributed by atoms with Crippen LogP contribution in [0.4, 0.5) is 5.82 Å². The summed E-state index contributed by atoms with van der Waals surface area (Å²) in [6.07, 6.45) is 3.20. The third-order valence-corrected chi connectivity index (χ3v) is 4.39. The summed E-state index contributed by atoms with van der Waals surface area (Å²) in [5.74, 6) is 1.01. The minimum absolute atomic E-state index is 0.219. The van der Waals surface area contributed by atoms with E-state index in [4.69, 9.17) is 4.52 Å². The Balaban J connectivity index is 1.45. The highest BCUT2D eigenvalue weighted by molar-refractivity contribution is 5.92. The van der Waals surface area contributed by atoms with Crippen LogP contribution < -0.4 is 10.2 Å². The van der Waals surface area contributed by atoms with E-state index in [9.17, 15) is 9.90 Å². The number of nitrogens with zero attached hydrogens (tertiary/aromatic N) is 4. The topological polar surface area (TPSA) is 120 Å². The van der Waals surface area contributed by atoms with E-state index in [1.807, 2.05) is 17.2 Å². The molecule has 2 atom stereocenters. The first-order chi connectivity index (χ1) is 12.1. The molecule has 130 valence electrons. The number of aliphatic hydroxyl groups is 1. The smallest absolute Gasteiger partial charge is 0.273 e. The highest BCUT2D eigenvalue weighted by Crippen LogP contribution is 2.25. The van der Waals surface area contributed by atoms with Crippen LogP contribution in [0.25, 0.3) is 11.0 Å². The fourth-order valence-electron chi connectivity index (χ4n) is 3.12. The molecule has 9 nitrogen and oxygen atoms in total. The van der Waals surface area contributed by atoms with Gasteiger partial charge in [0.2, 0.25) is 0 Å². The molecule has 25 heavy (non-hydrogen) atoms. The minimum Gasteiger partial charge on any atom is -0.389 e. The van der Waals surface area contributed by atoms with Gasteiger partial charge < -0.3 is 24.8 Å². The zero-order chi connectivity index (χ0) is 17.4. The number of rotatable bonds is 3. The second-order valence-corrected chi connectivity index (χ2v) is 6.14. The summed E-state index contributed by atoms with van der Waals surface area (Å²) < 4.78 is 4.91. The predicted octanol–water partition coefficient (Wildman–Crippen LogP) is 0.624. The molecule has 0 saturated carbocycles. The number of anilines is 1. The maximum atomic E-state index is 12.2. The lowest BCUT2D eigenvalue weighted by atomic mass is 10.0. The van der Waals surface area contributed by atoms with Crippen LogP contribution in [0.15, 0.2) is 29.2 Å². The van der Waals surface area contributed by atoms with Crippen LogP contribution in [0.1, 0.15) is 22.7 Å². The number of nitrogens with one attached hydrogen (secondary N) is 2. The van der Waals surface area contributed by atoms with Crippen LogP contribution in [0.5, 0.6) is 0 Å². The van der Waals surface area contributed by atoms with E-state index >= 15 is 0 Å². The Hall–Kier alpha value is -2.94. The third-order valence-electron chi connectivity index (χ3n) is 4.39. The number of piperidine rings is 1. The van der Waals surface area contributed by atoms with Crippen molar-refractivity contribution in [1.29, 1.82) is 0 Å². The molecule has 1 saturated heterocycles. The highest BCUT2D eigenvalue weighted by Gasteiger charge is 2.31. The maximum Gasteiger partial charge on any atom is 0.273 e. The van der Waals surface area contributed by atoms with Crippen LogP contribution in [0.3, 0.4) is 0 Å². The van der Waals surface area contributed by atoms with Gasteiger partial charge in [0.25, 0.3) is 5.91 Å². The number of H-pyrrole nitrogens is 1. The minimum atomic E-state index is -0.713. The number of carbonyl (C=O) groups excluding carboxylic acids is 1. The van der Waals surface area contributed by atoms with Gasteiger partial charge >= 0.3 is 0 Å². The van der Waals surface area contributed by atoms with Gasteiger partial charge in [0.15, 0.2) is 5.69 Å². The predicted molar refractivity (Wildman–Crippen MR) is 89.2 cm³/mol. The van der Waals surface area contributed by atoms with E-state index in [0.717, 1.165) is 16.9 Å². The van der Waals surface area contributed by atoms with Gasteiger partial charge in [-0.15, -0.1) is 0 Å². The first-order valence-electron chi connectivity index (χ1n) is 8.07. The largest absolute Gasteiger partial charge is 0.389 e. The summed E-state index contributed by atoms with van der Waals surface area (Å²) in [5.41, 5.74) is 0.980. The Morgan fingerprint density at radius 1 is 1.48 bits per heavy atom. The van der Waals surface area contributed by atoms with E-state index in [1.54, 1.807) is 13.0 Å². The second-order valence-electron chi connectivity index (χ2n) is 6.14. The molecular weight excluding hydrogens is 324 g/mol. The first-order valence-corrected chi connectivity index (χ1v) is 8.07. The molecule has 1 fully saturated rings. The second kappa shape index (κ2) is 6.17. The molecule has 0 aromatic carbocycles. The number of hydrogen-bond acceptors (Lipinski definition) is 7. The molecule has 3 N–H and O–H groups in total. The number of carbonyl (C=O) groups is 1. The summed E-state index contributed by atoms with van der Waals surface area (Å²) in [4.78, 5) is 25.8. The van der Waals surface area contributed by atoms with Crippen molar-refractivity contribution >= 4 is 22.8 Å². The Morgan fingerprint density at radius 3 is 3.12 bits per heavy atom. The Morgan fingerprint density at radius 2 is 2.36 bits per heavy atom. The van der Waals surface area contributed by atoms with Crippen LogP contribution in [0, 0.1) is 6.92 Å². The molecule has 3 aromatic rings. The number of hydrogen-bond donors (Lipinski definition) is 3. The lowest BCUT2D eigenvalue weighted by Crippen LogP contribution is -2.54.